The van der Waals surface area contributed by atoms with Crippen LogP contribution in [0.5, 0.6) is 0 Å². The van der Waals surface area contributed by atoms with E-state index in [0.717, 1.165) is 12.8 Å². The van der Waals surface area contributed by atoms with Gasteiger partial charge in [0.2, 0.25) is 5.91 Å². The molecule has 162 valence electrons. The number of aliphatic hydroxyl groups excluding tert-OH is 2. The van der Waals surface area contributed by atoms with Crippen molar-refractivity contribution in [2.24, 2.45) is 0 Å². The Hall–Kier alpha value is -0.610. The van der Waals surface area contributed by atoms with Crippen molar-refractivity contribution in [3.63, 3.8) is 0 Å². The third kappa shape index (κ3) is 21.5. The minimum absolute atomic E-state index is 0.0246. The Morgan fingerprint density at radius 3 is 1.44 bits per heavy atom. The van der Waals surface area contributed by atoms with E-state index in [-0.39, 0.29) is 19.1 Å². The van der Waals surface area contributed by atoms with Crippen LogP contribution < -0.4 is 5.32 Å². The molecule has 27 heavy (non-hydrogen) atoms. The van der Waals surface area contributed by atoms with Crippen LogP contribution in [-0.2, 0) is 4.79 Å². The molecule has 1 atom stereocenters. The van der Waals surface area contributed by atoms with Gasteiger partial charge in [0.1, 0.15) is 0 Å². The lowest BCUT2D eigenvalue weighted by Crippen LogP contribution is -2.33. The van der Waals surface area contributed by atoms with Crippen molar-refractivity contribution in [1.82, 2.24) is 5.32 Å². The van der Waals surface area contributed by atoms with Crippen molar-refractivity contribution < 1.29 is 15.0 Å². The zero-order chi connectivity index (χ0) is 20.0. The molecule has 0 bridgehead atoms. The largest absolute Gasteiger partial charge is 0.394 e. The summed E-state index contributed by atoms with van der Waals surface area (Å²) < 4.78 is 0. The molecule has 0 spiro atoms. The second kappa shape index (κ2) is 21.7. The normalized spacial score (nSPS) is 12.3. The first-order valence-electron chi connectivity index (χ1n) is 11.8. The first-order valence-corrected chi connectivity index (χ1v) is 11.8. The molecular weight excluding hydrogens is 338 g/mol. The summed E-state index contributed by atoms with van der Waals surface area (Å²) in [5.74, 6) is -0.0246. The lowest BCUT2D eigenvalue weighted by atomic mass is 10.0. The van der Waals surface area contributed by atoms with Gasteiger partial charge in [-0.3, -0.25) is 4.79 Å². The molecular formula is C23H47NO3. The van der Waals surface area contributed by atoms with Gasteiger partial charge in [0.15, 0.2) is 0 Å². The number of carbonyl (C=O) groups is 1. The van der Waals surface area contributed by atoms with E-state index in [4.69, 9.17) is 10.2 Å². The minimum Gasteiger partial charge on any atom is -0.394 e. The second-order valence-electron chi connectivity index (χ2n) is 8.05. The molecule has 0 aliphatic carbocycles. The van der Waals surface area contributed by atoms with E-state index in [1.54, 1.807) is 0 Å². The van der Waals surface area contributed by atoms with Gasteiger partial charge in [-0.15, -0.1) is 0 Å². The highest BCUT2D eigenvalue weighted by Gasteiger charge is 2.05. The van der Waals surface area contributed by atoms with E-state index in [9.17, 15) is 4.79 Å². The minimum atomic E-state index is -0.843. The molecule has 1 amide bonds. The molecule has 3 N–H and O–H groups in total. The van der Waals surface area contributed by atoms with E-state index in [0.29, 0.717) is 6.42 Å². The molecule has 0 heterocycles. The van der Waals surface area contributed by atoms with E-state index in [2.05, 4.69) is 12.2 Å². The molecule has 0 radical (unpaired) electrons. The SMILES string of the molecule is CCCCCCCCCCCCCCCCCCCC(=O)NCC(O)CO. The van der Waals surface area contributed by atoms with Crippen LogP contribution in [-0.4, -0.2) is 35.4 Å². The van der Waals surface area contributed by atoms with Gasteiger partial charge in [0, 0.05) is 13.0 Å². The fourth-order valence-corrected chi connectivity index (χ4v) is 3.40. The summed E-state index contributed by atoms with van der Waals surface area (Å²) in [7, 11) is 0. The van der Waals surface area contributed by atoms with Crippen LogP contribution in [0.4, 0.5) is 0 Å². The number of carbonyl (C=O) groups excluding carboxylic acids is 1. The maximum absolute atomic E-state index is 11.5. The van der Waals surface area contributed by atoms with Crippen LogP contribution in [0.1, 0.15) is 122 Å². The third-order valence-corrected chi connectivity index (χ3v) is 5.25. The Bertz CT molecular complexity index is 310. The number of amides is 1. The van der Waals surface area contributed by atoms with E-state index >= 15 is 0 Å². The lowest BCUT2D eigenvalue weighted by Gasteiger charge is -2.08. The topological polar surface area (TPSA) is 69.6 Å². The van der Waals surface area contributed by atoms with Crippen LogP contribution in [0.2, 0.25) is 0 Å². The summed E-state index contributed by atoms with van der Waals surface area (Å²) in [6.07, 6.45) is 22.4. The van der Waals surface area contributed by atoms with Crippen LogP contribution in [0.15, 0.2) is 0 Å². The summed E-state index contributed by atoms with van der Waals surface area (Å²) in [5, 5.41) is 20.5. The van der Waals surface area contributed by atoms with Gasteiger partial charge in [0.25, 0.3) is 0 Å². The number of hydrogen-bond donors (Lipinski definition) is 3. The van der Waals surface area contributed by atoms with E-state index in [1.807, 2.05) is 0 Å². The number of rotatable bonds is 21. The number of aliphatic hydroxyl groups is 2. The third-order valence-electron chi connectivity index (χ3n) is 5.25. The molecule has 0 aromatic heterocycles. The Balaban J connectivity index is 3.11. The Morgan fingerprint density at radius 1 is 0.704 bits per heavy atom. The molecule has 0 aliphatic rings. The number of hydrogen-bond acceptors (Lipinski definition) is 3. The van der Waals surface area contributed by atoms with Crippen molar-refractivity contribution in [3.05, 3.63) is 0 Å². The van der Waals surface area contributed by atoms with Crippen molar-refractivity contribution in [3.8, 4) is 0 Å². The number of unbranched alkanes of at least 4 members (excludes halogenated alkanes) is 16. The Morgan fingerprint density at radius 2 is 1.07 bits per heavy atom. The molecule has 0 aromatic carbocycles. The molecule has 1 unspecified atom stereocenters. The standard InChI is InChI=1S/C23H47NO3/c1-2-3-4-5-6-7-8-9-10-11-12-13-14-15-16-17-18-19-23(27)24-20-22(26)21-25/h22,25-26H,2-21H2,1H3,(H,24,27). The summed E-state index contributed by atoms with van der Waals surface area (Å²) >= 11 is 0. The molecule has 4 nitrogen and oxygen atoms in total. The highest BCUT2D eigenvalue weighted by atomic mass is 16.3. The molecule has 4 heteroatoms. The molecule has 0 aromatic rings. The molecule has 0 saturated carbocycles. The van der Waals surface area contributed by atoms with Crippen molar-refractivity contribution in [2.45, 2.75) is 129 Å². The van der Waals surface area contributed by atoms with Crippen LogP contribution >= 0.6 is 0 Å². The maximum atomic E-state index is 11.5. The fraction of sp³-hybridized carbons (Fsp3) is 0.957. The van der Waals surface area contributed by atoms with Gasteiger partial charge in [-0.05, 0) is 6.42 Å². The lowest BCUT2D eigenvalue weighted by molar-refractivity contribution is -0.121. The smallest absolute Gasteiger partial charge is 0.220 e. The van der Waals surface area contributed by atoms with Crippen LogP contribution in [0.3, 0.4) is 0 Å². The average molecular weight is 386 g/mol. The first kappa shape index (κ1) is 26.4. The molecule has 0 fully saturated rings. The average Bonchev–Trinajstić information content (AvgIpc) is 2.68. The van der Waals surface area contributed by atoms with Gasteiger partial charge in [-0.2, -0.15) is 0 Å². The Labute approximate surface area is 168 Å². The number of nitrogens with one attached hydrogen (secondary N) is 1. The molecule has 0 saturated heterocycles. The van der Waals surface area contributed by atoms with Gasteiger partial charge in [-0.25, -0.2) is 0 Å². The molecule has 0 rings (SSSR count). The van der Waals surface area contributed by atoms with Gasteiger partial charge >= 0.3 is 0 Å². The first-order chi connectivity index (χ1) is 13.2. The van der Waals surface area contributed by atoms with Crippen molar-refractivity contribution in [2.75, 3.05) is 13.2 Å². The predicted octanol–water partition coefficient (Wildman–Crippen LogP) is 5.50. The van der Waals surface area contributed by atoms with Crippen LogP contribution in [0, 0.1) is 0 Å². The second-order valence-corrected chi connectivity index (χ2v) is 8.05. The van der Waals surface area contributed by atoms with E-state index in [1.165, 1.54) is 96.3 Å². The fourth-order valence-electron chi connectivity index (χ4n) is 3.40. The predicted molar refractivity (Wildman–Crippen MR) is 115 cm³/mol. The Kier molecular flexibility index (Phi) is 21.2. The highest BCUT2D eigenvalue weighted by molar-refractivity contribution is 5.75. The van der Waals surface area contributed by atoms with Crippen LogP contribution in [0.25, 0.3) is 0 Å². The summed E-state index contributed by atoms with van der Waals surface area (Å²) in [4.78, 5) is 11.5. The monoisotopic (exact) mass is 385 g/mol. The van der Waals surface area contributed by atoms with Crippen molar-refractivity contribution >= 4 is 5.91 Å². The highest BCUT2D eigenvalue weighted by Crippen LogP contribution is 2.14. The zero-order valence-electron chi connectivity index (χ0n) is 18.0. The van der Waals surface area contributed by atoms with Crippen molar-refractivity contribution in [1.29, 1.82) is 0 Å². The maximum Gasteiger partial charge on any atom is 0.220 e. The summed E-state index contributed by atoms with van der Waals surface area (Å²) in [6, 6.07) is 0. The van der Waals surface area contributed by atoms with E-state index < -0.39 is 6.10 Å². The quantitative estimate of drug-likeness (QED) is 0.229. The summed E-state index contributed by atoms with van der Waals surface area (Å²) in [6.45, 7) is 2.12. The molecule has 0 aliphatic heterocycles. The summed E-state index contributed by atoms with van der Waals surface area (Å²) in [5.41, 5.74) is 0. The van der Waals surface area contributed by atoms with Gasteiger partial charge < -0.3 is 15.5 Å². The zero-order valence-corrected chi connectivity index (χ0v) is 18.0. The van der Waals surface area contributed by atoms with Gasteiger partial charge in [-0.1, -0.05) is 110 Å². The van der Waals surface area contributed by atoms with Gasteiger partial charge in [0.05, 0.1) is 12.7 Å².